The molecule has 2 aromatic heterocycles. The first-order chi connectivity index (χ1) is 13.5. The summed E-state index contributed by atoms with van der Waals surface area (Å²) in [6, 6.07) is 4.30. The molecule has 29 heavy (non-hydrogen) atoms. The molecular weight excluding hydrogens is 400 g/mol. The molecule has 3 rings (SSSR count). The summed E-state index contributed by atoms with van der Waals surface area (Å²) in [5.41, 5.74) is -3.17. The smallest absolute Gasteiger partial charge is 0.348 e. The molecule has 1 aromatic carbocycles. The molecule has 3 aromatic rings. The number of carbonyl (C=O) groups is 1. The number of nitrogens with one attached hydrogen (secondary N) is 3. The van der Waals surface area contributed by atoms with Gasteiger partial charge in [0.15, 0.2) is 0 Å². The maximum atomic E-state index is 13.5. The zero-order valence-electron chi connectivity index (χ0n) is 14.4. The number of aromatic nitrogens is 3. The Bertz CT molecular complexity index is 1270. The van der Waals surface area contributed by atoms with Gasteiger partial charge in [-0.05, 0) is 18.2 Å². The van der Waals surface area contributed by atoms with Crippen LogP contribution in [-0.2, 0) is 13.1 Å². The molecule has 0 aliphatic rings. The van der Waals surface area contributed by atoms with Crippen LogP contribution in [0.5, 0.6) is 0 Å². The zero-order chi connectivity index (χ0) is 21.3. The fraction of sp³-hybridized carbons (Fsp3) is 0.176. The summed E-state index contributed by atoms with van der Waals surface area (Å²) in [7, 11) is 0. The Morgan fingerprint density at radius 2 is 1.83 bits per heavy atom. The molecule has 0 saturated carbocycles. The summed E-state index contributed by atoms with van der Waals surface area (Å²) >= 11 is 0. The maximum Gasteiger partial charge on any atom is 0.406 e. The number of fused-ring (bicyclic) bond motifs is 1. The quantitative estimate of drug-likeness (QED) is 0.555. The number of H-pyrrole nitrogens is 2. The Labute approximate surface area is 157 Å². The highest BCUT2D eigenvalue weighted by Gasteiger charge is 2.28. The highest BCUT2D eigenvalue weighted by Crippen LogP contribution is 2.17. The molecule has 3 N–H and O–H groups in total. The van der Waals surface area contributed by atoms with Crippen molar-refractivity contribution in [3.05, 3.63) is 78.6 Å². The van der Waals surface area contributed by atoms with Crippen molar-refractivity contribution in [2.45, 2.75) is 19.3 Å². The first-order valence-corrected chi connectivity index (χ1v) is 8.04. The minimum atomic E-state index is -4.70. The Morgan fingerprint density at radius 3 is 2.52 bits per heavy atom. The number of rotatable bonds is 4. The maximum absolute atomic E-state index is 13.5. The van der Waals surface area contributed by atoms with E-state index in [4.69, 9.17) is 0 Å². The van der Waals surface area contributed by atoms with Gasteiger partial charge < -0.3 is 10.3 Å². The summed E-state index contributed by atoms with van der Waals surface area (Å²) in [5, 5.41) is 2.37. The van der Waals surface area contributed by atoms with Crippen LogP contribution in [0.1, 0.15) is 15.9 Å². The van der Waals surface area contributed by atoms with Crippen LogP contribution in [0.25, 0.3) is 10.9 Å². The van der Waals surface area contributed by atoms with Crippen LogP contribution >= 0.6 is 0 Å². The lowest BCUT2D eigenvalue weighted by molar-refractivity contribution is -0.141. The molecule has 0 bridgehead atoms. The van der Waals surface area contributed by atoms with E-state index in [0.29, 0.717) is 6.20 Å². The predicted octanol–water partition coefficient (Wildman–Crippen LogP) is 1.01. The van der Waals surface area contributed by atoms with Gasteiger partial charge in [-0.3, -0.25) is 23.9 Å². The van der Waals surface area contributed by atoms with Crippen molar-refractivity contribution < 1.29 is 22.4 Å². The average molecular weight is 412 g/mol. The van der Waals surface area contributed by atoms with Crippen LogP contribution in [0.3, 0.4) is 0 Å². The van der Waals surface area contributed by atoms with Crippen molar-refractivity contribution in [3.63, 3.8) is 0 Å². The molecule has 0 fully saturated rings. The van der Waals surface area contributed by atoms with Crippen LogP contribution in [0.4, 0.5) is 17.6 Å². The van der Waals surface area contributed by atoms with Crippen LogP contribution in [0.15, 0.2) is 44.8 Å². The standard InChI is InChI=1S/C17H12F4N4O4/c18-9-1-2-12-10(3-9)11(4-13(26)23-12)15(28)22-5-8-6-25(7-17(19,20)21)16(29)24-14(8)27/h1-4,6H,5,7H2,(H,22,28)(H,23,26)(H,24,27,29). The molecular formula is C17H12F4N4O4. The van der Waals surface area contributed by atoms with E-state index in [0.717, 1.165) is 18.2 Å². The molecule has 1 amide bonds. The molecule has 8 nitrogen and oxygen atoms in total. The largest absolute Gasteiger partial charge is 0.406 e. The third kappa shape index (κ3) is 4.59. The second-order valence-corrected chi connectivity index (χ2v) is 6.08. The van der Waals surface area contributed by atoms with Gasteiger partial charge in [-0.15, -0.1) is 0 Å². The van der Waals surface area contributed by atoms with Crippen LogP contribution < -0.4 is 22.1 Å². The van der Waals surface area contributed by atoms with Crippen LogP contribution in [0.2, 0.25) is 0 Å². The zero-order valence-corrected chi connectivity index (χ0v) is 14.4. The van der Waals surface area contributed by atoms with Crippen molar-refractivity contribution in [3.8, 4) is 0 Å². The topological polar surface area (TPSA) is 117 Å². The molecule has 0 unspecified atom stereocenters. The second-order valence-electron chi connectivity index (χ2n) is 6.08. The number of hydrogen-bond acceptors (Lipinski definition) is 4. The lowest BCUT2D eigenvalue weighted by atomic mass is 10.1. The van der Waals surface area contributed by atoms with Gasteiger partial charge in [-0.25, -0.2) is 9.18 Å². The van der Waals surface area contributed by atoms with Crippen LogP contribution in [0, 0.1) is 5.82 Å². The number of aromatic amines is 2. The summed E-state index contributed by atoms with van der Waals surface area (Å²) in [5.74, 6) is -1.52. The fourth-order valence-electron chi connectivity index (χ4n) is 2.68. The average Bonchev–Trinajstić information content (AvgIpc) is 2.61. The Kier molecular flexibility index (Phi) is 5.10. The molecule has 2 heterocycles. The molecule has 152 valence electrons. The lowest BCUT2D eigenvalue weighted by Gasteiger charge is -2.11. The number of carbonyl (C=O) groups excluding carboxylic acids is 1. The van der Waals surface area contributed by atoms with Crippen molar-refractivity contribution in [2.75, 3.05) is 0 Å². The highest BCUT2D eigenvalue weighted by molar-refractivity contribution is 6.05. The number of halogens is 4. The Hall–Kier alpha value is -3.70. The summed E-state index contributed by atoms with van der Waals surface area (Å²) < 4.78 is 51.3. The third-order valence-electron chi connectivity index (χ3n) is 3.92. The molecule has 0 atom stereocenters. The molecule has 0 aliphatic heterocycles. The highest BCUT2D eigenvalue weighted by atomic mass is 19.4. The van der Waals surface area contributed by atoms with Gasteiger partial charge in [-0.2, -0.15) is 13.2 Å². The van der Waals surface area contributed by atoms with Crippen molar-refractivity contribution >= 4 is 16.8 Å². The van der Waals surface area contributed by atoms with Gasteiger partial charge in [0.2, 0.25) is 5.56 Å². The monoisotopic (exact) mass is 412 g/mol. The summed E-state index contributed by atoms with van der Waals surface area (Å²) in [4.78, 5) is 51.6. The molecule has 12 heteroatoms. The van der Waals surface area contributed by atoms with E-state index in [1.54, 1.807) is 4.98 Å². The molecule has 0 spiro atoms. The van der Waals surface area contributed by atoms with Gasteiger partial charge in [0.1, 0.15) is 12.4 Å². The summed E-state index contributed by atoms with van der Waals surface area (Å²) in [6.45, 7) is -2.16. The minimum absolute atomic E-state index is 0.0954. The molecule has 0 saturated heterocycles. The van der Waals surface area contributed by atoms with Gasteiger partial charge >= 0.3 is 11.9 Å². The Morgan fingerprint density at radius 1 is 1.10 bits per heavy atom. The van der Waals surface area contributed by atoms with Gasteiger partial charge in [0.05, 0.1) is 11.1 Å². The van der Waals surface area contributed by atoms with E-state index in [9.17, 15) is 36.7 Å². The van der Waals surface area contributed by atoms with E-state index >= 15 is 0 Å². The van der Waals surface area contributed by atoms with Crippen molar-refractivity contribution in [1.82, 2.24) is 19.9 Å². The van der Waals surface area contributed by atoms with Crippen molar-refractivity contribution in [1.29, 1.82) is 0 Å². The van der Waals surface area contributed by atoms with E-state index in [-0.39, 0.29) is 26.6 Å². The SMILES string of the molecule is O=C(NCc1cn(CC(F)(F)F)c(=O)[nH]c1=O)c1cc(=O)[nH]c2ccc(F)cc12. The van der Waals surface area contributed by atoms with E-state index in [1.165, 1.54) is 6.07 Å². The number of pyridine rings is 1. The third-order valence-corrected chi connectivity index (χ3v) is 3.92. The first kappa shape index (κ1) is 20.0. The molecule has 0 aliphatic carbocycles. The van der Waals surface area contributed by atoms with Gasteiger partial charge in [-0.1, -0.05) is 0 Å². The van der Waals surface area contributed by atoms with E-state index in [1.807, 2.05) is 0 Å². The number of benzene rings is 1. The minimum Gasteiger partial charge on any atom is -0.348 e. The van der Waals surface area contributed by atoms with Gasteiger partial charge in [0.25, 0.3) is 11.5 Å². The van der Waals surface area contributed by atoms with E-state index < -0.39 is 47.8 Å². The molecule has 0 radical (unpaired) electrons. The number of hydrogen-bond donors (Lipinski definition) is 3. The van der Waals surface area contributed by atoms with Crippen molar-refractivity contribution in [2.24, 2.45) is 0 Å². The lowest BCUT2D eigenvalue weighted by Crippen LogP contribution is -2.37. The normalized spacial score (nSPS) is 11.6. The number of nitrogens with zero attached hydrogens (tertiary/aromatic N) is 1. The number of alkyl halides is 3. The fourth-order valence-corrected chi connectivity index (χ4v) is 2.68. The predicted molar refractivity (Wildman–Crippen MR) is 93.1 cm³/mol. The first-order valence-electron chi connectivity index (χ1n) is 8.04. The van der Waals surface area contributed by atoms with Crippen LogP contribution in [-0.4, -0.2) is 26.6 Å². The van der Waals surface area contributed by atoms with Gasteiger partial charge in [0, 0.05) is 29.7 Å². The second kappa shape index (κ2) is 7.37. The Balaban J connectivity index is 1.90. The van der Waals surface area contributed by atoms with E-state index in [2.05, 4.69) is 10.3 Å². The number of amides is 1. The summed E-state index contributed by atoms with van der Waals surface area (Å²) in [6.07, 6.45) is -4.01.